The first-order chi connectivity index (χ1) is 12.5. The van der Waals surface area contributed by atoms with Gasteiger partial charge in [0.1, 0.15) is 5.82 Å². The van der Waals surface area contributed by atoms with Crippen LogP contribution in [0.4, 0.5) is 4.39 Å². The average molecular weight is 365 g/mol. The molecule has 0 saturated carbocycles. The summed E-state index contributed by atoms with van der Waals surface area (Å²) in [5.41, 5.74) is 1.23. The second kappa shape index (κ2) is 12.9. The standard InChI is InChI=1S/C19H27FN2.HNO3/c1-2-3-4-5-6-7-8-18(15-22-14-13-21-16-22)17-9-11-19(20)12-10-17;2-1(3)4/h9-14,16,18H,2-8,15H2,1H3;(H,2,3,4). The van der Waals surface area contributed by atoms with Crippen molar-refractivity contribution in [3.63, 3.8) is 0 Å². The van der Waals surface area contributed by atoms with Crippen LogP contribution in [0.1, 0.15) is 63.4 Å². The van der Waals surface area contributed by atoms with E-state index in [1.807, 2.05) is 30.9 Å². The molecule has 7 heteroatoms. The van der Waals surface area contributed by atoms with Gasteiger partial charge in [0.2, 0.25) is 0 Å². The Hall–Kier alpha value is -2.44. The molecule has 0 radical (unpaired) electrons. The molecular weight excluding hydrogens is 337 g/mol. The van der Waals surface area contributed by atoms with E-state index in [0.29, 0.717) is 5.92 Å². The highest BCUT2D eigenvalue weighted by atomic mass is 19.1. The Kier molecular flexibility index (Phi) is 10.7. The number of hydrogen-bond acceptors (Lipinski definition) is 3. The van der Waals surface area contributed by atoms with E-state index in [-0.39, 0.29) is 5.82 Å². The van der Waals surface area contributed by atoms with Crippen molar-refractivity contribution in [2.75, 3.05) is 0 Å². The summed E-state index contributed by atoms with van der Waals surface area (Å²) in [6, 6.07) is 6.98. The normalized spacial score (nSPS) is 11.5. The molecule has 1 heterocycles. The summed E-state index contributed by atoms with van der Waals surface area (Å²) in [5, 5.41) is 13.6. The summed E-state index contributed by atoms with van der Waals surface area (Å²) < 4.78 is 15.3. The molecule has 1 unspecified atom stereocenters. The van der Waals surface area contributed by atoms with Gasteiger partial charge in [0.25, 0.3) is 5.09 Å². The van der Waals surface area contributed by atoms with E-state index in [2.05, 4.69) is 16.5 Å². The molecule has 6 nitrogen and oxygen atoms in total. The Labute approximate surface area is 153 Å². The number of aromatic nitrogens is 2. The van der Waals surface area contributed by atoms with Crippen LogP contribution < -0.4 is 0 Å². The number of imidazole rings is 1. The highest BCUT2D eigenvalue weighted by Gasteiger charge is 2.12. The molecule has 1 atom stereocenters. The van der Waals surface area contributed by atoms with Crippen molar-refractivity contribution in [2.45, 2.75) is 64.3 Å². The zero-order valence-corrected chi connectivity index (χ0v) is 15.3. The van der Waals surface area contributed by atoms with Crippen LogP contribution in [-0.4, -0.2) is 19.8 Å². The highest BCUT2D eigenvalue weighted by molar-refractivity contribution is 5.20. The summed E-state index contributed by atoms with van der Waals surface area (Å²) in [6.07, 6.45) is 14.7. The first-order valence-corrected chi connectivity index (χ1v) is 9.07. The van der Waals surface area contributed by atoms with Gasteiger partial charge < -0.3 is 9.77 Å². The van der Waals surface area contributed by atoms with Gasteiger partial charge in [-0.15, -0.1) is 10.1 Å². The van der Waals surface area contributed by atoms with Crippen LogP contribution in [0.25, 0.3) is 0 Å². The monoisotopic (exact) mass is 365 g/mol. The van der Waals surface area contributed by atoms with Gasteiger partial charge in [0.05, 0.1) is 6.33 Å². The summed E-state index contributed by atoms with van der Waals surface area (Å²) in [6.45, 7) is 3.16. The molecule has 0 bridgehead atoms. The lowest BCUT2D eigenvalue weighted by Crippen LogP contribution is -2.08. The molecule has 0 aliphatic rings. The van der Waals surface area contributed by atoms with E-state index >= 15 is 0 Å². The van der Waals surface area contributed by atoms with Crippen molar-refractivity contribution in [1.29, 1.82) is 0 Å². The molecule has 1 aromatic carbocycles. The summed E-state index contributed by atoms with van der Waals surface area (Å²) in [5.74, 6) is 0.269. The predicted octanol–water partition coefficient (Wildman–Crippen LogP) is 5.21. The molecular formula is C19H28FN3O3. The molecule has 1 N–H and O–H groups in total. The second-order valence-electron chi connectivity index (χ2n) is 6.30. The lowest BCUT2D eigenvalue weighted by Gasteiger charge is -2.18. The van der Waals surface area contributed by atoms with Crippen molar-refractivity contribution in [3.8, 4) is 0 Å². The summed E-state index contributed by atoms with van der Waals surface area (Å²) in [7, 11) is 0. The van der Waals surface area contributed by atoms with Gasteiger partial charge in [0.15, 0.2) is 0 Å². The van der Waals surface area contributed by atoms with Crippen LogP contribution in [0, 0.1) is 15.9 Å². The maximum absolute atomic E-state index is 13.1. The molecule has 0 spiro atoms. The largest absolute Gasteiger partial charge is 0.337 e. The van der Waals surface area contributed by atoms with Crippen molar-refractivity contribution in [1.82, 2.24) is 9.55 Å². The molecule has 0 aliphatic carbocycles. The Bertz CT molecular complexity index is 599. The minimum atomic E-state index is -1.50. The number of benzene rings is 1. The predicted molar refractivity (Wildman–Crippen MR) is 98.1 cm³/mol. The van der Waals surface area contributed by atoms with Crippen molar-refractivity contribution in [2.24, 2.45) is 0 Å². The average Bonchev–Trinajstić information content (AvgIpc) is 3.10. The number of rotatable bonds is 10. The summed E-state index contributed by atoms with van der Waals surface area (Å²) >= 11 is 0. The number of nitrogens with zero attached hydrogens (tertiary/aromatic N) is 3. The zero-order valence-electron chi connectivity index (χ0n) is 15.3. The molecule has 0 saturated heterocycles. The lowest BCUT2D eigenvalue weighted by molar-refractivity contribution is -0.742. The van der Waals surface area contributed by atoms with Gasteiger partial charge >= 0.3 is 0 Å². The minimum Gasteiger partial charge on any atom is -0.337 e. The van der Waals surface area contributed by atoms with Crippen LogP contribution in [0.3, 0.4) is 0 Å². The van der Waals surface area contributed by atoms with Crippen LogP contribution in [0.5, 0.6) is 0 Å². The van der Waals surface area contributed by atoms with Gasteiger partial charge in [0, 0.05) is 24.9 Å². The molecule has 2 aromatic rings. The van der Waals surface area contributed by atoms with E-state index in [9.17, 15) is 4.39 Å². The van der Waals surface area contributed by atoms with Crippen LogP contribution in [0.15, 0.2) is 43.0 Å². The number of hydrogen-bond donors (Lipinski definition) is 1. The molecule has 144 valence electrons. The van der Waals surface area contributed by atoms with E-state index in [4.69, 9.17) is 15.3 Å². The Morgan fingerprint density at radius 3 is 2.38 bits per heavy atom. The third-order valence-corrected chi connectivity index (χ3v) is 4.24. The first-order valence-electron chi connectivity index (χ1n) is 9.07. The van der Waals surface area contributed by atoms with Gasteiger partial charge in [-0.2, -0.15) is 0 Å². The van der Waals surface area contributed by atoms with Crippen molar-refractivity contribution < 1.29 is 14.7 Å². The van der Waals surface area contributed by atoms with Crippen LogP contribution >= 0.6 is 0 Å². The minimum absolute atomic E-state index is 0.162. The fourth-order valence-corrected chi connectivity index (χ4v) is 2.92. The van der Waals surface area contributed by atoms with E-state index in [0.717, 1.165) is 13.0 Å². The third kappa shape index (κ3) is 9.76. The fraction of sp³-hybridized carbons (Fsp3) is 0.526. The van der Waals surface area contributed by atoms with E-state index in [1.165, 1.54) is 44.1 Å². The quantitative estimate of drug-likeness (QED) is 0.356. The van der Waals surface area contributed by atoms with Gasteiger partial charge in [-0.25, -0.2) is 9.37 Å². The topological polar surface area (TPSA) is 81.2 Å². The highest BCUT2D eigenvalue weighted by Crippen LogP contribution is 2.25. The maximum Gasteiger partial charge on any atom is 0.291 e. The van der Waals surface area contributed by atoms with Crippen molar-refractivity contribution >= 4 is 0 Å². The van der Waals surface area contributed by atoms with E-state index in [1.54, 1.807) is 12.1 Å². The fourth-order valence-electron chi connectivity index (χ4n) is 2.92. The SMILES string of the molecule is CCCCCCCCC(Cn1ccnc1)c1ccc(F)cc1.O=[N+]([O-])O. The summed E-state index contributed by atoms with van der Waals surface area (Å²) in [4.78, 5) is 12.5. The second-order valence-corrected chi connectivity index (χ2v) is 6.30. The Balaban J connectivity index is 0.000000765. The molecule has 0 fully saturated rings. The van der Waals surface area contributed by atoms with E-state index < -0.39 is 5.09 Å². The zero-order chi connectivity index (χ0) is 19.2. The molecule has 2 rings (SSSR count). The smallest absolute Gasteiger partial charge is 0.291 e. The first kappa shape index (κ1) is 21.6. The molecule has 1 aromatic heterocycles. The molecule has 26 heavy (non-hydrogen) atoms. The number of halogens is 1. The Morgan fingerprint density at radius 1 is 1.19 bits per heavy atom. The van der Waals surface area contributed by atoms with Crippen LogP contribution in [0.2, 0.25) is 0 Å². The number of unbranched alkanes of at least 4 members (excludes halogenated alkanes) is 5. The Morgan fingerprint density at radius 2 is 1.81 bits per heavy atom. The van der Waals surface area contributed by atoms with Crippen LogP contribution in [-0.2, 0) is 6.54 Å². The van der Waals surface area contributed by atoms with Gasteiger partial charge in [-0.1, -0.05) is 57.6 Å². The maximum atomic E-state index is 13.1. The van der Waals surface area contributed by atoms with Crippen molar-refractivity contribution in [3.05, 3.63) is 64.5 Å². The molecule has 0 aliphatic heterocycles. The third-order valence-electron chi connectivity index (χ3n) is 4.24. The van der Waals surface area contributed by atoms with Gasteiger partial charge in [-0.3, -0.25) is 0 Å². The lowest BCUT2D eigenvalue weighted by atomic mass is 9.92. The molecule has 0 amide bonds. The van der Waals surface area contributed by atoms with Gasteiger partial charge in [-0.05, 0) is 24.1 Å².